The highest BCUT2D eigenvalue weighted by Gasteiger charge is 2.16. The van der Waals surface area contributed by atoms with E-state index in [1.807, 2.05) is 61.5 Å². The Bertz CT molecular complexity index is 1470. The second kappa shape index (κ2) is 12.7. The maximum atomic E-state index is 13.2. The quantitative estimate of drug-likeness (QED) is 0.161. The lowest BCUT2D eigenvalue weighted by atomic mass is 10.0. The highest BCUT2D eigenvalue weighted by Crippen LogP contribution is 2.36. The van der Waals surface area contributed by atoms with Gasteiger partial charge in [-0.3, -0.25) is 4.79 Å². The molecule has 4 aromatic rings. The number of esters is 1. The third-order valence-corrected chi connectivity index (χ3v) is 5.66. The third-order valence-electron chi connectivity index (χ3n) is 5.38. The Morgan fingerprint density at radius 1 is 0.974 bits per heavy atom. The molecule has 9 heteroatoms. The summed E-state index contributed by atoms with van der Waals surface area (Å²) < 4.78 is 16.0. The zero-order valence-electron chi connectivity index (χ0n) is 20.9. The topological polar surface area (TPSA) is 99.1 Å². The van der Waals surface area contributed by atoms with E-state index in [2.05, 4.69) is 10.5 Å². The van der Waals surface area contributed by atoms with Crippen molar-refractivity contribution < 1.29 is 23.8 Å². The first-order valence-electron chi connectivity index (χ1n) is 12.0. The second-order valence-electron chi connectivity index (χ2n) is 7.99. The van der Waals surface area contributed by atoms with E-state index in [1.54, 1.807) is 25.1 Å². The van der Waals surface area contributed by atoms with Crippen LogP contribution in [-0.4, -0.2) is 42.9 Å². The van der Waals surface area contributed by atoms with Crippen LogP contribution < -0.4 is 14.9 Å². The van der Waals surface area contributed by atoms with Crippen molar-refractivity contribution in [3.63, 3.8) is 0 Å². The van der Waals surface area contributed by atoms with Crippen molar-refractivity contribution in [2.75, 3.05) is 19.8 Å². The first kappa shape index (κ1) is 26.6. The van der Waals surface area contributed by atoms with E-state index in [0.717, 1.165) is 5.56 Å². The molecule has 0 spiro atoms. The van der Waals surface area contributed by atoms with E-state index in [0.29, 0.717) is 40.1 Å². The van der Waals surface area contributed by atoms with Gasteiger partial charge in [0.2, 0.25) is 0 Å². The number of nitrogens with one attached hydrogen (secondary N) is 1. The van der Waals surface area contributed by atoms with Crippen molar-refractivity contribution in [3.05, 3.63) is 88.9 Å². The average Bonchev–Trinajstić information content (AvgIpc) is 2.92. The number of rotatable bonds is 10. The Morgan fingerprint density at radius 2 is 1.74 bits per heavy atom. The summed E-state index contributed by atoms with van der Waals surface area (Å²) in [4.78, 5) is 29.5. The van der Waals surface area contributed by atoms with Crippen molar-refractivity contribution in [2.45, 2.75) is 13.8 Å². The minimum atomic E-state index is -0.515. The molecule has 0 aliphatic rings. The predicted molar refractivity (Wildman–Crippen MR) is 147 cm³/mol. The van der Waals surface area contributed by atoms with Crippen LogP contribution in [0, 0.1) is 0 Å². The molecule has 8 nitrogen and oxygen atoms in total. The van der Waals surface area contributed by atoms with Gasteiger partial charge in [-0.05, 0) is 43.7 Å². The molecule has 4 rings (SSSR count). The van der Waals surface area contributed by atoms with E-state index in [-0.39, 0.29) is 29.9 Å². The Kier molecular flexibility index (Phi) is 8.89. The van der Waals surface area contributed by atoms with Crippen molar-refractivity contribution in [2.24, 2.45) is 5.10 Å². The van der Waals surface area contributed by atoms with Crippen LogP contribution in [0.2, 0.25) is 5.02 Å². The van der Waals surface area contributed by atoms with Crippen molar-refractivity contribution in [1.82, 2.24) is 10.4 Å². The SMILES string of the molecule is CCOC(=O)COc1c(Cl)cc(/C=N/NC(=O)c2cc(-c3ccccc3)nc3ccccc23)cc1OCC. The number of hydrazone groups is 1. The van der Waals surface area contributed by atoms with Gasteiger partial charge in [-0.1, -0.05) is 60.1 Å². The molecule has 1 N–H and O–H groups in total. The Balaban J connectivity index is 1.56. The number of carbonyl (C=O) groups excluding carboxylic acids is 2. The van der Waals surface area contributed by atoms with Crippen LogP contribution in [0.5, 0.6) is 11.5 Å². The minimum Gasteiger partial charge on any atom is -0.490 e. The highest BCUT2D eigenvalue weighted by molar-refractivity contribution is 6.32. The van der Waals surface area contributed by atoms with Crippen molar-refractivity contribution in [1.29, 1.82) is 0 Å². The normalized spacial score (nSPS) is 10.9. The molecule has 1 aromatic heterocycles. The zero-order chi connectivity index (χ0) is 26.9. The van der Waals surface area contributed by atoms with Crippen LogP contribution in [0.3, 0.4) is 0 Å². The van der Waals surface area contributed by atoms with Gasteiger partial charge in [-0.2, -0.15) is 5.10 Å². The smallest absolute Gasteiger partial charge is 0.344 e. The fraction of sp³-hybridized carbons (Fsp3) is 0.172. The lowest BCUT2D eigenvalue weighted by Crippen LogP contribution is -2.18. The molecule has 0 aliphatic carbocycles. The monoisotopic (exact) mass is 531 g/mol. The van der Waals surface area contributed by atoms with Gasteiger partial charge in [0.05, 0.1) is 41.2 Å². The Morgan fingerprint density at radius 3 is 2.50 bits per heavy atom. The number of para-hydroxylation sites is 1. The number of fused-ring (bicyclic) bond motifs is 1. The predicted octanol–water partition coefficient (Wildman–Crippen LogP) is 5.66. The molecule has 1 heterocycles. The maximum Gasteiger partial charge on any atom is 0.344 e. The van der Waals surface area contributed by atoms with Gasteiger partial charge in [-0.25, -0.2) is 15.2 Å². The lowest BCUT2D eigenvalue weighted by Gasteiger charge is -2.14. The standard InChI is InChI=1S/C29H26ClN3O5/c1-3-36-26-15-19(14-23(30)28(26)38-18-27(34)37-4-2)17-31-33-29(35)22-16-25(20-10-6-5-7-11-20)32-24-13-9-8-12-21(22)24/h5-17H,3-4,18H2,1-2H3,(H,33,35)/b31-17+. The highest BCUT2D eigenvalue weighted by atomic mass is 35.5. The van der Waals surface area contributed by atoms with E-state index < -0.39 is 5.97 Å². The summed E-state index contributed by atoms with van der Waals surface area (Å²) in [5, 5.41) is 5.06. The molecule has 0 radical (unpaired) electrons. The summed E-state index contributed by atoms with van der Waals surface area (Å²) in [5.74, 6) is -0.342. The van der Waals surface area contributed by atoms with E-state index >= 15 is 0 Å². The number of benzene rings is 3. The summed E-state index contributed by atoms with van der Waals surface area (Å²) in [7, 11) is 0. The third kappa shape index (κ3) is 6.46. The number of aromatic nitrogens is 1. The number of hydrogen-bond donors (Lipinski definition) is 1. The van der Waals surface area contributed by atoms with E-state index in [4.69, 9.17) is 30.8 Å². The fourth-order valence-electron chi connectivity index (χ4n) is 3.74. The second-order valence-corrected chi connectivity index (χ2v) is 8.40. The first-order valence-corrected chi connectivity index (χ1v) is 12.4. The average molecular weight is 532 g/mol. The van der Waals surface area contributed by atoms with Crippen molar-refractivity contribution in [3.8, 4) is 22.8 Å². The molecule has 0 fully saturated rings. The number of carbonyl (C=O) groups is 2. The van der Waals surface area contributed by atoms with Crippen LogP contribution in [-0.2, 0) is 9.53 Å². The summed E-state index contributed by atoms with van der Waals surface area (Å²) in [6.07, 6.45) is 1.45. The molecule has 3 aromatic carbocycles. The zero-order valence-corrected chi connectivity index (χ0v) is 21.7. The number of halogens is 1. The number of nitrogens with zero attached hydrogens (tertiary/aromatic N) is 2. The first-order chi connectivity index (χ1) is 18.5. The van der Waals surface area contributed by atoms with E-state index in [1.165, 1.54) is 6.21 Å². The Hall–Kier alpha value is -4.43. The minimum absolute atomic E-state index is 0.222. The lowest BCUT2D eigenvalue weighted by molar-refractivity contribution is -0.145. The largest absolute Gasteiger partial charge is 0.490 e. The molecule has 0 bridgehead atoms. The molecule has 194 valence electrons. The molecule has 0 atom stereocenters. The van der Waals surface area contributed by atoms with Gasteiger partial charge < -0.3 is 14.2 Å². The summed E-state index contributed by atoms with van der Waals surface area (Å²) >= 11 is 6.40. The summed E-state index contributed by atoms with van der Waals surface area (Å²) in [6, 6.07) is 22.1. The van der Waals surface area contributed by atoms with Crippen LogP contribution in [0.25, 0.3) is 22.2 Å². The van der Waals surface area contributed by atoms with Gasteiger partial charge in [0, 0.05) is 10.9 Å². The summed E-state index contributed by atoms with van der Waals surface area (Å²) in [5.41, 5.74) is 5.88. The number of pyridine rings is 1. The van der Waals surface area contributed by atoms with Gasteiger partial charge in [-0.15, -0.1) is 0 Å². The molecular formula is C29H26ClN3O5. The number of amides is 1. The summed E-state index contributed by atoms with van der Waals surface area (Å²) in [6.45, 7) is 3.82. The van der Waals surface area contributed by atoms with Crippen LogP contribution >= 0.6 is 11.6 Å². The molecule has 0 unspecified atom stereocenters. The van der Waals surface area contributed by atoms with Gasteiger partial charge in [0.1, 0.15) is 0 Å². The maximum absolute atomic E-state index is 13.2. The molecule has 0 saturated carbocycles. The van der Waals surface area contributed by atoms with Crippen LogP contribution in [0.1, 0.15) is 29.8 Å². The molecule has 0 aliphatic heterocycles. The molecule has 0 saturated heterocycles. The number of hydrogen-bond acceptors (Lipinski definition) is 7. The van der Waals surface area contributed by atoms with Gasteiger partial charge in [0.25, 0.3) is 5.91 Å². The van der Waals surface area contributed by atoms with Crippen LogP contribution in [0.4, 0.5) is 0 Å². The van der Waals surface area contributed by atoms with Gasteiger partial charge in [0.15, 0.2) is 18.1 Å². The van der Waals surface area contributed by atoms with Gasteiger partial charge >= 0.3 is 5.97 Å². The number of ether oxygens (including phenoxy) is 3. The molecular weight excluding hydrogens is 506 g/mol. The molecule has 1 amide bonds. The van der Waals surface area contributed by atoms with E-state index in [9.17, 15) is 9.59 Å². The van der Waals surface area contributed by atoms with Crippen molar-refractivity contribution >= 4 is 40.6 Å². The fourth-order valence-corrected chi connectivity index (χ4v) is 4.02. The Labute approximate surface area is 225 Å². The van der Waals surface area contributed by atoms with Crippen LogP contribution in [0.15, 0.2) is 77.9 Å². The molecule has 38 heavy (non-hydrogen) atoms.